The molecular weight excluding hydrogens is 232 g/mol. The number of likely N-dealkylation sites (tertiary alicyclic amines) is 1. The molecule has 1 fully saturated rings. The molecule has 1 aliphatic heterocycles. The van der Waals surface area contributed by atoms with E-state index in [4.69, 9.17) is 4.74 Å². The zero-order valence-corrected chi connectivity index (χ0v) is 11.8. The highest BCUT2D eigenvalue weighted by Gasteiger charge is 2.32. The Hall–Kier alpha value is -1.10. The van der Waals surface area contributed by atoms with Crippen LogP contribution in [-0.2, 0) is 14.3 Å². The third kappa shape index (κ3) is 3.70. The van der Waals surface area contributed by atoms with E-state index in [9.17, 15) is 9.59 Å². The standard InChI is InChI=1S/C13H24N2O3/c1-10(13(17)14(2)3)15-8-6-5-7-11(15)9-12(16)18-4/h10-11H,5-9H2,1-4H3. The van der Waals surface area contributed by atoms with Crippen LogP contribution in [0.2, 0.25) is 0 Å². The van der Waals surface area contributed by atoms with Gasteiger partial charge in [-0.2, -0.15) is 0 Å². The first-order chi connectivity index (χ1) is 8.47. The van der Waals surface area contributed by atoms with Crippen molar-refractivity contribution in [2.75, 3.05) is 27.7 Å². The fraction of sp³-hybridized carbons (Fsp3) is 0.846. The van der Waals surface area contributed by atoms with Gasteiger partial charge < -0.3 is 9.64 Å². The number of methoxy groups -OCH3 is 1. The predicted octanol–water partition coefficient (Wildman–Crippen LogP) is 0.881. The molecule has 1 aliphatic rings. The minimum absolute atomic E-state index is 0.0896. The number of nitrogens with zero attached hydrogens (tertiary/aromatic N) is 2. The van der Waals surface area contributed by atoms with E-state index in [0.29, 0.717) is 6.42 Å². The summed E-state index contributed by atoms with van der Waals surface area (Å²) >= 11 is 0. The largest absolute Gasteiger partial charge is 0.469 e. The van der Waals surface area contributed by atoms with Crippen LogP contribution in [0.4, 0.5) is 0 Å². The molecule has 18 heavy (non-hydrogen) atoms. The molecule has 2 atom stereocenters. The molecule has 1 amide bonds. The van der Waals surface area contributed by atoms with Gasteiger partial charge in [-0.05, 0) is 26.3 Å². The maximum Gasteiger partial charge on any atom is 0.307 e. The van der Waals surface area contributed by atoms with Crippen LogP contribution in [0.5, 0.6) is 0 Å². The molecule has 0 aromatic rings. The lowest BCUT2D eigenvalue weighted by atomic mass is 9.97. The van der Waals surface area contributed by atoms with Gasteiger partial charge >= 0.3 is 5.97 Å². The van der Waals surface area contributed by atoms with Gasteiger partial charge in [0.2, 0.25) is 5.91 Å². The number of amides is 1. The van der Waals surface area contributed by atoms with Gasteiger partial charge in [-0.1, -0.05) is 6.42 Å². The lowest BCUT2D eigenvalue weighted by Gasteiger charge is -2.39. The normalized spacial score (nSPS) is 22.3. The number of ether oxygens (including phenoxy) is 1. The zero-order chi connectivity index (χ0) is 13.7. The molecule has 5 nitrogen and oxygen atoms in total. The molecular formula is C13H24N2O3. The summed E-state index contributed by atoms with van der Waals surface area (Å²) in [7, 11) is 4.93. The van der Waals surface area contributed by atoms with Crippen molar-refractivity contribution in [3.63, 3.8) is 0 Å². The summed E-state index contributed by atoms with van der Waals surface area (Å²) in [4.78, 5) is 27.2. The first-order valence-electron chi connectivity index (χ1n) is 6.51. The highest BCUT2D eigenvalue weighted by Crippen LogP contribution is 2.23. The van der Waals surface area contributed by atoms with E-state index in [1.54, 1.807) is 19.0 Å². The molecule has 1 rings (SSSR count). The number of esters is 1. The molecule has 1 saturated heterocycles. The van der Waals surface area contributed by atoms with Crippen molar-refractivity contribution in [1.82, 2.24) is 9.80 Å². The second-order valence-corrected chi connectivity index (χ2v) is 5.08. The summed E-state index contributed by atoms with van der Waals surface area (Å²) in [6.45, 7) is 2.79. The van der Waals surface area contributed by atoms with Crippen LogP contribution in [0.25, 0.3) is 0 Å². The van der Waals surface area contributed by atoms with Gasteiger partial charge in [-0.3, -0.25) is 14.5 Å². The van der Waals surface area contributed by atoms with Crippen molar-refractivity contribution < 1.29 is 14.3 Å². The Kier molecular flexibility index (Phi) is 5.59. The topological polar surface area (TPSA) is 49.9 Å². The van der Waals surface area contributed by atoms with E-state index in [-0.39, 0.29) is 24.0 Å². The molecule has 0 aromatic carbocycles. The first-order valence-corrected chi connectivity index (χ1v) is 6.51. The van der Waals surface area contributed by atoms with E-state index in [1.807, 2.05) is 6.92 Å². The van der Waals surface area contributed by atoms with Crippen molar-refractivity contribution >= 4 is 11.9 Å². The van der Waals surface area contributed by atoms with Crippen molar-refractivity contribution in [3.05, 3.63) is 0 Å². The van der Waals surface area contributed by atoms with Crippen LogP contribution < -0.4 is 0 Å². The zero-order valence-electron chi connectivity index (χ0n) is 11.8. The summed E-state index contributed by atoms with van der Waals surface area (Å²) < 4.78 is 4.73. The molecule has 0 saturated carbocycles. The van der Waals surface area contributed by atoms with Gasteiger partial charge in [0.25, 0.3) is 0 Å². The first kappa shape index (κ1) is 15.0. The van der Waals surface area contributed by atoms with Crippen molar-refractivity contribution in [2.45, 2.75) is 44.7 Å². The third-order valence-corrected chi connectivity index (χ3v) is 3.60. The Morgan fingerprint density at radius 3 is 2.61 bits per heavy atom. The second-order valence-electron chi connectivity index (χ2n) is 5.08. The van der Waals surface area contributed by atoms with Crippen LogP contribution in [0.1, 0.15) is 32.6 Å². The Labute approximate surface area is 109 Å². The fourth-order valence-electron chi connectivity index (χ4n) is 2.54. The van der Waals surface area contributed by atoms with E-state index in [0.717, 1.165) is 25.8 Å². The van der Waals surface area contributed by atoms with E-state index >= 15 is 0 Å². The lowest BCUT2D eigenvalue weighted by molar-refractivity contribution is -0.144. The number of hydrogen-bond acceptors (Lipinski definition) is 4. The minimum atomic E-state index is -0.198. The number of rotatable bonds is 4. The number of piperidine rings is 1. The van der Waals surface area contributed by atoms with Crippen LogP contribution in [0.3, 0.4) is 0 Å². The summed E-state index contributed by atoms with van der Waals surface area (Å²) in [6.07, 6.45) is 3.53. The number of carbonyl (C=O) groups is 2. The summed E-state index contributed by atoms with van der Waals surface area (Å²) in [6, 6.07) is -0.0416. The number of hydrogen-bond donors (Lipinski definition) is 0. The van der Waals surface area contributed by atoms with E-state index < -0.39 is 0 Å². The molecule has 0 bridgehead atoms. The quantitative estimate of drug-likeness (QED) is 0.701. The van der Waals surface area contributed by atoms with Gasteiger partial charge in [0.15, 0.2) is 0 Å². The molecule has 0 spiro atoms. The Morgan fingerprint density at radius 1 is 1.39 bits per heavy atom. The highest BCUT2D eigenvalue weighted by atomic mass is 16.5. The van der Waals surface area contributed by atoms with Gasteiger partial charge in [0.05, 0.1) is 19.6 Å². The molecule has 0 aromatic heterocycles. The van der Waals surface area contributed by atoms with Gasteiger partial charge in [-0.25, -0.2) is 0 Å². The molecule has 0 N–H and O–H groups in total. The van der Waals surface area contributed by atoms with Crippen LogP contribution in [0, 0.1) is 0 Å². The second kappa shape index (κ2) is 6.73. The summed E-state index contributed by atoms with van der Waals surface area (Å²) in [5.74, 6) is -0.108. The van der Waals surface area contributed by atoms with Crippen molar-refractivity contribution in [2.24, 2.45) is 0 Å². The maximum absolute atomic E-state index is 12.0. The van der Waals surface area contributed by atoms with Crippen LogP contribution in [-0.4, -0.2) is 61.5 Å². The molecule has 0 radical (unpaired) electrons. The van der Waals surface area contributed by atoms with Gasteiger partial charge in [-0.15, -0.1) is 0 Å². The Bertz CT molecular complexity index is 305. The highest BCUT2D eigenvalue weighted by molar-refractivity contribution is 5.81. The van der Waals surface area contributed by atoms with E-state index in [1.165, 1.54) is 7.11 Å². The SMILES string of the molecule is COC(=O)CC1CCCCN1C(C)C(=O)N(C)C. The average Bonchev–Trinajstić information content (AvgIpc) is 2.37. The lowest BCUT2D eigenvalue weighted by Crippen LogP contribution is -2.52. The smallest absolute Gasteiger partial charge is 0.307 e. The Balaban J connectivity index is 2.69. The van der Waals surface area contributed by atoms with Crippen LogP contribution in [0.15, 0.2) is 0 Å². The molecule has 0 aliphatic carbocycles. The summed E-state index contributed by atoms with van der Waals surface area (Å²) in [5.41, 5.74) is 0. The third-order valence-electron chi connectivity index (χ3n) is 3.60. The van der Waals surface area contributed by atoms with Gasteiger partial charge in [0, 0.05) is 20.1 Å². The Morgan fingerprint density at radius 2 is 2.06 bits per heavy atom. The predicted molar refractivity (Wildman–Crippen MR) is 69.1 cm³/mol. The monoisotopic (exact) mass is 256 g/mol. The average molecular weight is 256 g/mol. The molecule has 104 valence electrons. The summed E-state index contributed by atoms with van der Waals surface area (Å²) in [5, 5.41) is 0. The molecule has 2 unspecified atom stereocenters. The number of carbonyl (C=O) groups excluding carboxylic acids is 2. The van der Waals surface area contributed by atoms with Gasteiger partial charge in [0.1, 0.15) is 0 Å². The molecule has 5 heteroatoms. The maximum atomic E-state index is 12.0. The molecule has 1 heterocycles. The fourth-order valence-corrected chi connectivity index (χ4v) is 2.54. The van der Waals surface area contributed by atoms with Crippen molar-refractivity contribution in [1.29, 1.82) is 0 Å². The number of likely N-dealkylation sites (N-methyl/N-ethyl adjacent to an activating group) is 1. The minimum Gasteiger partial charge on any atom is -0.469 e. The van der Waals surface area contributed by atoms with Crippen molar-refractivity contribution in [3.8, 4) is 0 Å². The van der Waals surface area contributed by atoms with Crippen LogP contribution >= 0.6 is 0 Å². The van der Waals surface area contributed by atoms with E-state index in [2.05, 4.69) is 4.90 Å².